The van der Waals surface area contributed by atoms with Gasteiger partial charge < -0.3 is 15.3 Å². The molecule has 1 rings (SSSR count). The maximum absolute atomic E-state index is 12.1. The minimum atomic E-state index is -0.973. The normalized spacial score (nSPS) is 16.8. The number of hydrogen-bond donors (Lipinski definition) is 2. The molecule has 2 amide bonds. The van der Waals surface area contributed by atoms with Gasteiger partial charge in [-0.15, -0.1) is 0 Å². The molecule has 0 aliphatic heterocycles. The molecule has 0 aromatic heterocycles. The number of carboxylic acids is 1. The zero-order chi connectivity index (χ0) is 13.9. The first-order chi connectivity index (χ1) is 8.32. The van der Waals surface area contributed by atoms with Crippen LogP contribution in [0.4, 0.5) is 4.79 Å². The van der Waals surface area contributed by atoms with Crippen LogP contribution in [0.15, 0.2) is 0 Å². The van der Waals surface area contributed by atoms with Crippen molar-refractivity contribution in [2.75, 3.05) is 6.54 Å². The van der Waals surface area contributed by atoms with Crippen LogP contribution >= 0.6 is 0 Å². The molecule has 5 nitrogen and oxygen atoms in total. The highest BCUT2D eigenvalue weighted by Crippen LogP contribution is 2.27. The minimum Gasteiger partial charge on any atom is -0.480 e. The monoisotopic (exact) mass is 256 g/mol. The van der Waals surface area contributed by atoms with Gasteiger partial charge in [0.05, 0.1) is 0 Å². The molecular weight excluding hydrogens is 232 g/mol. The third-order valence-corrected chi connectivity index (χ3v) is 3.02. The van der Waals surface area contributed by atoms with Gasteiger partial charge in [-0.05, 0) is 24.7 Å². The Morgan fingerprint density at radius 3 is 2.17 bits per heavy atom. The van der Waals surface area contributed by atoms with E-state index in [4.69, 9.17) is 5.11 Å². The van der Waals surface area contributed by atoms with Gasteiger partial charge in [-0.1, -0.05) is 27.7 Å². The summed E-state index contributed by atoms with van der Waals surface area (Å²) in [6, 6.07) is -0.757. The predicted molar refractivity (Wildman–Crippen MR) is 69.4 cm³/mol. The van der Waals surface area contributed by atoms with Crippen molar-refractivity contribution in [3.05, 3.63) is 0 Å². The summed E-state index contributed by atoms with van der Waals surface area (Å²) in [7, 11) is 0. The van der Waals surface area contributed by atoms with Crippen molar-refractivity contribution in [3.8, 4) is 0 Å². The third-order valence-electron chi connectivity index (χ3n) is 3.02. The van der Waals surface area contributed by atoms with Crippen LogP contribution in [0.5, 0.6) is 0 Å². The van der Waals surface area contributed by atoms with Gasteiger partial charge in [0.2, 0.25) is 0 Å². The molecule has 1 aliphatic carbocycles. The fourth-order valence-corrected chi connectivity index (χ4v) is 1.91. The van der Waals surface area contributed by atoms with Gasteiger partial charge in [0, 0.05) is 12.6 Å². The van der Waals surface area contributed by atoms with E-state index in [-0.39, 0.29) is 11.9 Å². The summed E-state index contributed by atoms with van der Waals surface area (Å²) in [5.41, 5.74) is 0. The number of hydrogen-bond acceptors (Lipinski definition) is 2. The molecule has 2 N–H and O–H groups in total. The van der Waals surface area contributed by atoms with Crippen LogP contribution in [-0.2, 0) is 4.79 Å². The zero-order valence-corrected chi connectivity index (χ0v) is 11.6. The molecule has 104 valence electrons. The Morgan fingerprint density at radius 1 is 1.28 bits per heavy atom. The molecule has 1 fully saturated rings. The summed E-state index contributed by atoms with van der Waals surface area (Å²) in [5.74, 6) is -0.705. The largest absolute Gasteiger partial charge is 0.480 e. The van der Waals surface area contributed by atoms with E-state index < -0.39 is 12.0 Å². The Hall–Kier alpha value is -1.26. The Kier molecular flexibility index (Phi) is 4.99. The smallest absolute Gasteiger partial charge is 0.326 e. The number of carboxylic acid groups (broad SMARTS) is 1. The summed E-state index contributed by atoms with van der Waals surface area (Å²) in [5, 5.41) is 11.7. The molecule has 1 aliphatic rings. The zero-order valence-electron chi connectivity index (χ0n) is 11.6. The molecular formula is C13H24N2O3. The van der Waals surface area contributed by atoms with Gasteiger partial charge >= 0.3 is 12.0 Å². The maximum Gasteiger partial charge on any atom is 0.326 e. The minimum absolute atomic E-state index is 0.119. The van der Waals surface area contributed by atoms with Gasteiger partial charge in [0.15, 0.2) is 0 Å². The summed E-state index contributed by atoms with van der Waals surface area (Å²) in [4.78, 5) is 25.0. The van der Waals surface area contributed by atoms with Gasteiger partial charge in [0.1, 0.15) is 6.04 Å². The van der Waals surface area contributed by atoms with Gasteiger partial charge in [-0.2, -0.15) is 0 Å². The van der Waals surface area contributed by atoms with Crippen molar-refractivity contribution in [2.45, 2.75) is 52.6 Å². The van der Waals surface area contributed by atoms with E-state index in [0.717, 1.165) is 12.8 Å². The summed E-state index contributed by atoms with van der Waals surface area (Å²) in [6.45, 7) is 8.38. The second-order valence-corrected chi connectivity index (χ2v) is 5.79. The van der Waals surface area contributed by atoms with E-state index >= 15 is 0 Å². The first-order valence-electron chi connectivity index (χ1n) is 6.62. The Morgan fingerprint density at radius 2 is 1.83 bits per heavy atom. The molecule has 5 heteroatoms. The molecule has 1 saturated carbocycles. The second kappa shape index (κ2) is 6.07. The molecule has 0 aromatic carbocycles. The van der Waals surface area contributed by atoms with Crippen LogP contribution in [0.1, 0.15) is 40.5 Å². The molecule has 0 bridgehead atoms. The lowest BCUT2D eigenvalue weighted by Crippen LogP contribution is -2.51. The Labute approximate surface area is 109 Å². The van der Waals surface area contributed by atoms with Crippen molar-refractivity contribution < 1.29 is 14.7 Å². The van der Waals surface area contributed by atoms with E-state index in [1.165, 1.54) is 0 Å². The number of carbonyl (C=O) groups is 2. The van der Waals surface area contributed by atoms with E-state index in [1.807, 2.05) is 0 Å². The number of urea groups is 1. The molecule has 18 heavy (non-hydrogen) atoms. The fraction of sp³-hybridized carbons (Fsp3) is 0.846. The standard InChI is InChI=1S/C13H24N2O3/c1-8(2)7-15(10-5-6-10)13(18)14-11(9(3)4)12(16)17/h8-11H,5-7H2,1-4H3,(H,14,18)(H,16,17)/t11-/m1/s1. The van der Waals surface area contributed by atoms with Crippen LogP contribution in [0.25, 0.3) is 0 Å². The number of nitrogens with one attached hydrogen (secondary N) is 1. The van der Waals surface area contributed by atoms with Crippen molar-refractivity contribution in [3.63, 3.8) is 0 Å². The SMILES string of the molecule is CC(C)CN(C(=O)N[C@@H](C(=O)O)C(C)C)C1CC1. The lowest BCUT2D eigenvalue weighted by Gasteiger charge is -2.27. The first kappa shape index (κ1) is 14.8. The van der Waals surface area contributed by atoms with Crippen LogP contribution < -0.4 is 5.32 Å². The number of carbonyl (C=O) groups excluding carboxylic acids is 1. The van der Waals surface area contributed by atoms with Crippen molar-refractivity contribution in [1.29, 1.82) is 0 Å². The molecule has 0 heterocycles. The van der Waals surface area contributed by atoms with Gasteiger partial charge in [0.25, 0.3) is 0 Å². The van der Waals surface area contributed by atoms with Crippen LogP contribution in [0, 0.1) is 11.8 Å². The number of nitrogens with zero attached hydrogens (tertiary/aromatic N) is 1. The fourth-order valence-electron chi connectivity index (χ4n) is 1.91. The van der Waals surface area contributed by atoms with Crippen LogP contribution in [0.2, 0.25) is 0 Å². The van der Waals surface area contributed by atoms with Gasteiger partial charge in [-0.25, -0.2) is 9.59 Å². The lowest BCUT2D eigenvalue weighted by molar-refractivity contribution is -0.140. The van der Waals surface area contributed by atoms with E-state index in [0.29, 0.717) is 18.5 Å². The van der Waals surface area contributed by atoms with E-state index in [2.05, 4.69) is 19.2 Å². The third kappa shape index (κ3) is 4.20. The van der Waals surface area contributed by atoms with Crippen LogP contribution in [0.3, 0.4) is 0 Å². The van der Waals surface area contributed by atoms with Gasteiger partial charge in [-0.3, -0.25) is 0 Å². The Bertz CT molecular complexity index is 311. The van der Waals surface area contributed by atoms with Crippen molar-refractivity contribution in [2.24, 2.45) is 11.8 Å². The quantitative estimate of drug-likeness (QED) is 0.763. The highest BCUT2D eigenvalue weighted by molar-refractivity contribution is 5.83. The van der Waals surface area contributed by atoms with E-state index in [9.17, 15) is 9.59 Å². The molecule has 1 atom stereocenters. The molecule has 0 unspecified atom stereocenters. The van der Waals surface area contributed by atoms with Crippen molar-refractivity contribution >= 4 is 12.0 Å². The summed E-state index contributed by atoms with van der Waals surface area (Å²) < 4.78 is 0. The van der Waals surface area contributed by atoms with Crippen LogP contribution in [-0.4, -0.2) is 40.6 Å². The lowest BCUT2D eigenvalue weighted by atomic mass is 10.1. The highest BCUT2D eigenvalue weighted by atomic mass is 16.4. The first-order valence-corrected chi connectivity index (χ1v) is 6.62. The number of amides is 2. The molecule has 0 radical (unpaired) electrons. The topological polar surface area (TPSA) is 69.6 Å². The summed E-state index contributed by atoms with van der Waals surface area (Å²) >= 11 is 0. The molecule has 0 aromatic rings. The second-order valence-electron chi connectivity index (χ2n) is 5.79. The average Bonchev–Trinajstić information content (AvgIpc) is 3.04. The molecule has 0 spiro atoms. The number of aliphatic carboxylic acids is 1. The Balaban J connectivity index is 2.62. The molecule has 0 saturated heterocycles. The van der Waals surface area contributed by atoms with E-state index in [1.54, 1.807) is 18.7 Å². The summed E-state index contributed by atoms with van der Waals surface area (Å²) in [6.07, 6.45) is 2.05. The van der Waals surface area contributed by atoms with Crippen molar-refractivity contribution in [1.82, 2.24) is 10.2 Å². The maximum atomic E-state index is 12.1. The predicted octanol–water partition coefficient (Wildman–Crippen LogP) is 1.93. The highest BCUT2D eigenvalue weighted by Gasteiger charge is 2.35. The number of rotatable bonds is 6. The average molecular weight is 256 g/mol.